The summed E-state index contributed by atoms with van der Waals surface area (Å²) in [5, 5.41) is 9.82. The van der Waals surface area contributed by atoms with Gasteiger partial charge in [0.1, 0.15) is 0 Å². The van der Waals surface area contributed by atoms with Crippen LogP contribution in [0.3, 0.4) is 0 Å². The highest BCUT2D eigenvalue weighted by molar-refractivity contribution is 5.72. The molecule has 6 bridgehead atoms. The predicted molar refractivity (Wildman–Crippen MR) is 101 cm³/mol. The first-order valence-corrected chi connectivity index (χ1v) is 11.4. The highest BCUT2D eigenvalue weighted by Gasteiger charge is 2.67. The van der Waals surface area contributed by atoms with Crippen molar-refractivity contribution in [2.75, 3.05) is 0 Å². The summed E-state index contributed by atoms with van der Waals surface area (Å²) in [4.78, 5) is 11.9. The van der Waals surface area contributed by atoms with Crippen molar-refractivity contribution in [3.63, 3.8) is 0 Å². The number of carboxylic acids is 1. The van der Waals surface area contributed by atoms with Crippen molar-refractivity contribution in [3.05, 3.63) is 12.2 Å². The molecule has 142 valence electrons. The normalized spacial score (nSPS) is 55.7. The van der Waals surface area contributed by atoms with Gasteiger partial charge >= 0.3 is 5.97 Å². The summed E-state index contributed by atoms with van der Waals surface area (Å²) in [7, 11) is 0. The van der Waals surface area contributed by atoms with Gasteiger partial charge in [0.15, 0.2) is 0 Å². The standard InChI is InChI=1S/C24H34O2/c1-23(20-10-14-2-4-16(20)8-14,21-11-15-3-5-17(21)9-15)24-7-6-18(12-24)19(13-24)22(25)26/h6-7,14-21H,2-5,8-13H2,1H3,(H,25,26). The molecule has 0 aromatic rings. The van der Waals surface area contributed by atoms with E-state index in [9.17, 15) is 9.90 Å². The topological polar surface area (TPSA) is 37.3 Å². The summed E-state index contributed by atoms with van der Waals surface area (Å²) in [6.07, 6.45) is 18.7. The van der Waals surface area contributed by atoms with Gasteiger partial charge in [-0.15, -0.1) is 0 Å². The van der Waals surface area contributed by atoms with Crippen LogP contribution in [0.2, 0.25) is 0 Å². The third kappa shape index (κ3) is 1.87. The van der Waals surface area contributed by atoms with E-state index in [1.807, 2.05) is 0 Å². The molecule has 5 saturated carbocycles. The van der Waals surface area contributed by atoms with E-state index in [4.69, 9.17) is 0 Å². The van der Waals surface area contributed by atoms with Gasteiger partial charge in [0.25, 0.3) is 0 Å². The fraction of sp³-hybridized carbons (Fsp3) is 0.875. The molecule has 0 aliphatic heterocycles. The van der Waals surface area contributed by atoms with Crippen LogP contribution in [-0.4, -0.2) is 11.1 Å². The van der Waals surface area contributed by atoms with Crippen LogP contribution in [0.1, 0.15) is 71.1 Å². The molecule has 2 nitrogen and oxygen atoms in total. The zero-order valence-electron chi connectivity index (χ0n) is 16.2. The molecule has 26 heavy (non-hydrogen) atoms. The highest BCUT2D eigenvalue weighted by atomic mass is 16.4. The Morgan fingerprint density at radius 2 is 1.58 bits per heavy atom. The van der Waals surface area contributed by atoms with Gasteiger partial charge in [0.2, 0.25) is 0 Å². The van der Waals surface area contributed by atoms with E-state index in [-0.39, 0.29) is 11.3 Å². The summed E-state index contributed by atoms with van der Waals surface area (Å²) < 4.78 is 0. The minimum atomic E-state index is -0.538. The first-order chi connectivity index (χ1) is 12.5. The van der Waals surface area contributed by atoms with Gasteiger partial charge in [-0.1, -0.05) is 31.9 Å². The minimum absolute atomic E-state index is 0.114. The Hall–Kier alpha value is -0.790. The molecular formula is C24H34O2. The molecule has 5 fully saturated rings. The van der Waals surface area contributed by atoms with Gasteiger partial charge in [-0.3, -0.25) is 4.79 Å². The van der Waals surface area contributed by atoms with Crippen molar-refractivity contribution in [2.24, 2.45) is 58.2 Å². The number of allylic oxidation sites excluding steroid dienone is 2. The van der Waals surface area contributed by atoms with Gasteiger partial charge in [-0.25, -0.2) is 0 Å². The fourth-order valence-electron chi connectivity index (χ4n) is 9.70. The van der Waals surface area contributed by atoms with Gasteiger partial charge in [0, 0.05) is 0 Å². The van der Waals surface area contributed by atoms with E-state index in [0.717, 1.165) is 48.3 Å². The Morgan fingerprint density at radius 3 is 2.00 bits per heavy atom. The summed E-state index contributed by atoms with van der Waals surface area (Å²) in [6.45, 7) is 2.67. The monoisotopic (exact) mass is 354 g/mol. The van der Waals surface area contributed by atoms with E-state index >= 15 is 0 Å². The zero-order valence-corrected chi connectivity index (χ0v) is 16.2. The molecule has 0 saturated heterocycles. The van der Waals surface area contributed by atoms with Crippen LogP contribution in [-0.2, 0) is 4.79 Å². The first kappa shape index (κ1) is 16.2. The molecule has 1 N–H and O–H groups in total. The number of rotatable bonds is 4. The summed E-state index contributed by atoms with van der Waals surface area (Å²) in [5.74, 6) is 5.23. The van der Waals surface area contributed by atoms with Gasteiger partial charge < -0.3 is 5.11 Å². The first-order valence-electron chi connectivity index (χ1n) is 11.4. The lowest BCUT2D eigenvalue weighted by atomic mass is 9.47. The molecular weight excluding hydrogens is 320 g/mol. The number of hydrogen-bond acceptors (Lipinski definition) is 1. The van der Waals surface area contributed by atoms with Crippen molar-refractivity contribution < 1.29 is 9.90 Å². The van der Waals surface area contributed by atoms with Crippen molar-refractivity contribution in [3.8, 4) is 0 Å². The van der Waals surface area contributed by atoms with Crippen LogP contribution < -0.4 is 0 Å². The van der Waals surface area contributed by atoms with E-state index in [1.54, 1.807) is 0 Å². The number of hydrogen-bond donors (Lipinski definition) is 1. The Kier molecular flexibility index (Phi) is 3.22. The smallest absolute Gasteiger partial charge is 0.307 e. The maximum absolute atomic E-state index is 11.9. The molecule has 9 unspecified atom stereocenters. The average molecular weight is 355 g/mol. The third-order valence-corrected chi connectivity index (χ3v) is 10.8. The molecule has 0 aromatic heterocycles. The van der Waals surface area contributed by atoms with Crippen LogP contribution in [0.25, 0.3) is 0 Å². The molecule has 2 heteroatoms. The Morgan fingerprint density at radius 1 is 0.962 bits per heavy atom. The average Bonchev–Trinajstić information content (AvgIpc) is 3.46. The van der Waals surface area contributed by atoms with E-state index in [2.05, 4.69) is 19.1 Å². The molecule has 9 atom stereocenters. The largest absolute Gasteiger partial charge is 0.481 e. The molecule has 0 heterocycles. The van der Waals surface area contributed by atoms with Gasteiger partial charge in [-0.05, 0) is 104 Å². The maximum Gasteiger partial charge on any atom is 0.307 e. The van der Waals surface area contributed by atoms with Crippen LogP contribution in [0.4, 0.5) is 0 Å². The lowest BCUT2D eigenvalue weighted by molar-refractivity contribution is -0.143. The van der Waals surface area contributed by atoms with Crippen molar-refractivity contribution in [2.45, 2.75) is 71.1 Å². The van der Waals surface area contributed by atoms with Crippen molar-refractivity contribution >= 4 is 5.97 Å². The highest BCUT2D eigenvalue weighted by Crippen LogP contribution is 2.73. The summed E-state index contributed by atoms with van der Waals surface area (Å²) >= 11 is 0. The Labute approximate surface area is 157 Å². The van der Waals surface area contributed by atoms with Crippen molar-refractivity contribution in [1.82, 2.24) is 0 Å². The molecule has 6 aliphatic carbocycles. The van der Waals surface area contributed by atoms with E-state index in [1.165, 1.54) is 51.4 Å². The zero-order chi connectivity index (χ0) is 17.7. The third-order valence-electron chi connectivity index (χ3n) is 10.8. The Bertz CT molecular complexity index is 637. The summed E-state index contributed by atoms with van der Waals surface area (Å²) in [6, 6.07) is 0. The van der Waals surface area contributed by atoms with Crippen LogP contribution in [0.15, 0.2) is 12.2 Å². The molecule has 0 spiro atoms. The Balaban J connectivity index is 1.43. The minimum Gasteiger partial charge on any atom is -0.481 e. The second-order valence-corrected chi connectivity index (χ2v) is 11.4. The number of fused-ring (bicyclic) bond motifs is 6. The number of carbonyl (C=O) groups is 1. The van der Waals surface area contributed by atoms with Gasteiger partial charge in [-0.2, -0.15) is 0 Å². The summed E-state index contributed by atoms with van der Waals surface area (Å²) in [5.41, 5.74) is 0.535. The van der Waals surface area contributed by atoms with E-state index < -0.39 is 5.97 Å². The SMILES string of the molecule is CC(C1CC2CCC1C2)(C1CC2CCC1C2)C12C=CC(C1)C(C(=O)O)C2. The van der Waals surface area contributed by atoms with Crippen molar-refractivity contribution in [1.29, 1.82) is 0 Å². The molecule has 6 aliphatic rings. The molecule has 0 aromatic carbocycles. The maximum atomic E-state index is 11.9. The van der Waals surface area contributed by atoms with Gasteiger partial charge in [0.05, 0.1) is 5.92 Å². The van der Waals surface area contributed by atoms with Crippen LogP contribution in [0, 0.1) is 58.2 Å². The van der Waals surface area contributed by atoms with E-state index in [0.29, 0.717) is 11.3 Å². The molecule has 0 radical (unpaired) electrons. The van der Waals surface area contributed by atoms with Crippen LogP contribution >= 0.6 is 0 Å². The second-order valence-electron chi connectivity index (χ2n) is 11.4. The molecule has 6 rings (SSSR count). The number of aliphatic carboxylic acids is 1. The quantitative estimate of drug-likeness (QED) is 0.674. The second kappa shape index (κ2) is 5.17. The lowest BCUT2D eigenvalue weighted by Crippen LogP contribution is -2.51. The fourth-order valence-corrected chi connectivity index (χ4v) is 9.70. The predicted octanol–water partition coefficient (Wildman–Crippen LogP) is 5.53. The number of carboxylic acid groups (broad SMARTS) is 1. The lowest BCUT2D eigenvalue weighted by Gasteiger charge is -2.57. The molecule has 0 amide bonds. The van der Waals surface area contributed by atoms with Crippen LogP contribution in [0.5, 0.6) is 0 Å².